The van der Waals surface area contributed by atoms with Crippen molar-refractivity contribution in [2.24, 2.45) is 0 Å². The lowest BCUT2D eigenvalue weighted by molar-refractivity contribution is 0.100. The van der Waals surface area contributed by atoms with E-state index in [0.29, 0.717) is 34.4 Å². The van der Waals surface area contributed by atoms with Crippen molar-refractivity contribution < 1.29 is 18.0 Å². The molecule has 3 rings (SSSR count). The Hall–Kier alpha value is -2.10. The van der Waals surface area contributed by atoms with Crippen LogP contribution in [0.2, 0.25) is 0 Å². The third-order valence-electron chi connectivity index (χ3n) is 4.38. The van der Waals surface area contributed by atoms with Gasteiger partial charge in [-0.05, 0) is 31.9 Å². The summed E-state index contributed by atoms with van der Waals surface area (Å²) < 4.78 is 26.8. The molecule has 9 heteroatoms. The summed E-state index contributed by atoms with van der Waals surface area (Å²) in [5, 5.41) is 3.41. The van der Waals surface area contributed by atoms with E-state index >= 15 is 0 Å². The number of nitrogens with one attached hydrogen (secondary N) is 1. The minimum Gasteiger partial charge on any atom is -0.354 e. The van der Waals surface area contributed by atoms with Gasteiger partial charge in [-0.25, -0.2) is 13.4 Å². The van der Waals surface area contributed by atoms with E-state index in [1.54, 1.807) is 19.1 Å². The Bertz CT molecular complexity index is 976. The number of sulfonamides is 1. The molecule has 0 amide bonds. The zero-order valence-electron chi connectivity index (χ0n) is 15.2. The fourth-order valence-corrected chi connectivity index (χ4v) is 5.38. The molecule has 1 aliphatic heterocycles. The molecule has 1 N–H and O–H groups in total. The van der Waals surface area contributed by atoms with Crippen molar-refractivity contribution in [2.75, 3.05) is 25.0 Å². The summed E-state index contributed by atoms with van der Waals surface area (Å²) in [6.45, 7) is 4.22. The van der Waals surface area contributed by atoms with Gasteiger partial charge < -0.3 is 5.32 Å². The van der Waals surface area contributed by atoms with Gasteiger partial charge >= 0.3 is 0 Å². The van der Waals surface area contributed by atoms with Gasteiger partial charge in [0.15, 0.2) is 16.7 Å². The number of hydrogen-bond donors (Lipinski definition) is 1. The predicted molar refractivity (Wildman–Crippen MR) is 104 cm³/mol. The zero-order chi connectivity index (χ0) is 19.6. The van der Waals surface area contributed by atoms with E-state index < -0.39 is 10.0 Å². The Kier molecular flexibility index (Phi) is 5.73. The Morgan fingerprint density at radius 1 is 1.26 bits per heavy atom. The maximum absolute atomic E-state index is 12.7. The van der Waals surface area contributed by atoms with Gasteiger partial charge in [-0.3, -0.25) is 9.59 Å². The molecule has 1 aliphatic rings. The minimum absolute atomic E-state index is 0.0302. The number of carbonyl (C=O) groups is 2. The standard InChI is InChI=1S/C18H21N3O4S2/c1-12-17(13(2)22)26-18(20-12)19-11-16(23)14-6-5-7-15(10-14)27(24,25)21-8-3-4-9-21/h5-7,10H,3-4,8-9,11H2,1-2H3,(H,19,20). The predicted octanol–water partition coefficient (Wildman–Crippen LogP) is 2.73. The van der Waals surface area contributed by atoms with Crippen LogP contribution in [0, 0.1) is 6.92 Å². The van der Waals surface area contributed by atoms with Crippen LogP contribution in [-0.2, 0) is 10.0 Å². The van der Waals surface area contributed by atoms with Crippen LogP contribution in [0.5, 0.6) is 0 Å². The minimum atomic E-state index is -3.56. The Balaban J connectivity index is 1.72. The van der Waals surface area contributed by atoms with Crippen molar-refractivity contribution in [1.29, 1.82) is 0 Å². The van der Waals surface area contributed by atoms with Crippen LogP contribution < -0.4 is 5.32 Å². The summed E-state index contributed by atoms with van der Waals surface area (Å²) in [5.41, 5.74) is 0.948. The number of nitrogens with zero attached hydrogens (tertiary/aromatic N) is 2. The maximum Gasteiger partial charge on any atom is 0.243 e. The molecular weight excluding hydrogens is 386 g/mol. The highest BCUT2D eigenvalue weighted by Crippen LogP contribution is 2.24. The lowest BCUT2D eigenvalue weighted by Crippen LogP contribution is -2.28. The highest BCUT2D eigenvalue weighted by Gasteiger charge is 2.27. The molecule has 1 saturated heterocycles. The summed E-state index contributed by atoms with van der Waals surface area (Å²) in [5.74, 6) is -0.310. The second-order valence-corrected chi connectivity index (χ2v) is 9.34. The molecule has 2 aromatic rings. The van der Waals surface area contributed by atoms with Gasteiger partial charge in [-0.1, -0.05) is 23.5 Å². The summed E-state index contributed by atoms with van der Waals surface area (Å²) in [6.07, 6.45) is 1.72. The van der Waals surface area contributed by atoms with E-state index in [4.69, 9.17) is 0 Å². The van der Waals surface area contributed by atoms with Crippen LogP contribution in [0.4, 0.5) is 5.13 Å². The zero-order valence-corrected chi connectivity index (χ0v) is 16.8. The fourth-order valence-electron chi connectivity index (χ4n) is 2.96. The van der Waals surface area contributed by atoms with Gasteiger partial charge in [0.25, 0.3) is 0 Å². The molecule has 7 nitrogen and oxygen atoms in total. The number of aromatic nitrogens is 1. The maximum atomic E-state index is 12.7. The van der Waals surface area contributed by atoms with Gasteiger partial charge in [-0.15, -0.1) is 0 Å². The van der Waals surface area contributed by atoms with Crippen molar-refractivity contribution in [1.82, 2.24) is 9.29 Å². The average molecular weight is 408 g/mol. The monoisotopic (exact) mass is 407 g/mol. The van der Waals surface area contributed by atoms with E-state index in [-0.39, 0.29) is 23.0 Å². The van der Waals surface area contributed by atoms with Crippen LogP contribution in [0.3, 0.4) is 0 Å². The van der Waals surface area contributed by atoms with Crippen LogP contribution in [0.25, 0.3) is 0 Å². The number of aryl methyl sites for hydroxylation is 1. The molecule has 0 atom stereocenters. The second kappa shape index (κ2) is 7.87. The Labute approximate surface area is 162 Å². The van der Waals surface area contributed by atoms with Crippen LogP contribution in [-0.4, -0.2) is 48.9 Å². The fraction of sp³-hybridized carbons (Fsp3) is 0.389. The Morgan fingerprint density at radius 3 is 2.59 bits per heavy atom. The molecule has 1 aromatic carbocycles. The van der Waals surface area contributed by atoms with Gasteiger partial charge in [0, 0.05) is 25.6 Å². The first-order valence-electron chi connectivity index (χ1n) is 8.64. The summed E-state index contributed by atoms with van der Waals surface area (Å²) in [4.78, 5) is 28.9. The first-order valence-corrected chi connectivity index (χ1v) is 10.9. The SMILES string of the molecule is CC(=O)c1sc(NCC(=O)c2cccc(S(=O)(=O)N3CCCC3)c2)nc1C. The number of anilines is 1. The molecule has 1 aromatic heterocycles. The number of rotatable bonds is 7. The third-order valence-corrected chi connectivity index (χ3v) is 7.49. The normalized spacial score (nSPS) is 15.0. The molecule has 144 valence electrons. The number of benzene rings is 1. The van der Waals surface area contributed by atoms with Crippen LogP contribution >= 0.6 is 11.3 Å². The smallest absolute Gasteiger partial charge is 0.243 e. The second-order valence-electron chi connectivity index (χ2n) is 6.41. The molecule has 0 aliphatic carbocycles. The quantitative estimate of drug-likeness (QED) is 0.709. The first-order chi connectivity index (χ1) is 12.8. The highest BCUT2D eigenvalue weighted by molar-refractivity contribution is 7.89. The van der Waals surface area contributed by atoms with Crippen molar-refractivity contribution in [3.63, 3.8) is 0 Å². The lowest BCUT2D eigenvalue weighted by atomic mass is 10.1. The van der Waals surface area contributed by atoms with Gasteiger partial charge in [0.1, 0.15) is 0 Å². The van der Waals surface area contributed by atoms with Crippen molar-refractivity contribution in [3.05, 3.63) is 40.4 Å². The van der Waals surface area contributed by atoms with Crippen molar-refractivity contribution in [2.45, 2.75) is 31.6 Å². The molecule has 0 radical (unpaired) electrons. The van der Waals surface area contributed by atoms with Crippen molar-refractivity contribution in [3.8, 4) is 0 Å². The third kappa shape index (κ3) is 4.26. The molecule has 0 bridgehead atoms. The molecule has 2 heterocycles. The molecule has 0 saturated carbocycles. The highest BCUT2D eigenvalue weighted by atomic mass is 32.2. The summed E-state index contributed by atoms with van der Waals surface area (Å²) >= 11 is 1.20. The van der Waals surface area contributed by atoms with Crippen molar-refractivity contribution >= 4 is 38.1 Å². The van der Waals surface area contributed by atoms with E-state index in [0.717, 1.165) is 12.8 Å². The number of Topliss-reactive ketones (excluding diaryl/α,β-unsaturated/α-hetero) is 2. The molecular formula is C18H21N3O4S2. The average Bonchev–Trinajstić information content (AvgIpc) is 3.30. The number of hydrogen-bond acceptors (Lipinski definition) is 7. The molecule has 27 heavy (non-hydrogen) atoms. The van der Waals surface area contributed by atoms with Crippen LogP contribution in [0.15, 0.2) is 29.2 Å². The first kappa shape index (κ1) is 19.7. The van der Waals surface area contributed by atoms with E-state index in [9.17, 15) is 18.0 Å². The molecule has 0 unspecified atom stereocenters. The van der Waals surface area contributed by atoms with E-state index in [1.165, 1.54) is 34.7 Å². The van der Waals surface area contributed by atoms with E-state index in [2.05, 4.69) is 10.3 Å². The largest absolute Gasteiger partial charge is 0.354 e. The van der Waals surface area contributed by atoms with Crippen LogP contribution in [0.1, 0.15) is 45.5 Å². The number of ketones is 2. The molecule has 1 fully saturated rings. The van der Waals surface area contributed by atoms with Gasteiger partial charge in [0.05, 0.1) is 22.0 Å². The number of carbonyl (C=O) groups excluding carboxylic acids is 2. The summed E-state index contributed by atoms with van der Waals surface area (Å²) in [6, 6.07) is 6.12. The topological polar surface area (TPSA) is 96.4 Å². The lowest BCUT2D eigenvalue weighted by Gasteiger charge is -2.15. The Morgan fingerprint density at radius 2 is 1.96 bits per heavy atom. The van der Waals surface area contributed by atoms with Gasteiger partial charge in [0.2, 0.25) is 10.0 Å². The van der Waals surface area contributed by atoms with E-state index in [1.807, 2.05) is 0 Å². The number of thiazole rings is 1. The molecule has 0 spiro atoms. The summed E-state index contributed by atoms with van der Waals surface area (Å²) in [7, 11) is -3.56. The van der Waals surface area contributed by atoms with Gasteiger partial charge in [-0.2, -0.15) is 4.31 Å².